The molecule has 0 amide bonds. The van der Waals surface area contributed by atoms with Crippen molar-refractivity contribution in [1.82, 2.24) is 0 Å². The molecule has 2 rings (SSSR count). The van der Waals surface area contributed by atoms with Gasteiger partial charge in [-0.25, -0.2) is 0 Å². The highest BCUT2D eigenvalue weighted by Crippen LogP contribution is 2.36. The summed E-state index contributed by atoms with van der Waals surface area (Å²) >= 11 is 6.11. The van der Waals surface area contributed by atoms with Crippen molar-refractivity contribution in [2.75, 3.05) is 25.2 Å². The maximum Gasteiger partial charge on any atom is 0.136 e. The highest BCUT2D eigenvalue weighted by Gasteiger charge is 2.26. The first kappa shape index (κ1) is 11.6. The van der Waals surface area contributed by atoms with Gasteiger partial charge in [0.2, 0.25) is 0 Å². The van der Waals surface area contributed by atoms with Crippen molar-refractivity contribution in [1.29, 1.82) is 0 Å². The summed E-state index contributed by atoms with van der Waals surface area (Å²) in [5, 5.41) is 10.0. The van der Waals surface area contributed by atoms with E-state index in [1.165, 1.54) is 0 Å². The maximum atomic E-state index is 9.59. The number of hydrogen-bond acceptors (Lipinski definition) is 3. The summed E-state index contributed by atoms with van der Waals surface area (Å²) in [6.45, 7) is 1.67. The lowest BCUT2D eigenvalue weighted by atomic mass is 10.2. The Labute approximate surface area is 101 Å². The molecule has 0 saturated carbocycles. The fourth-order valence-electron chi connectivity index (χ4n) is 2.25. The SMILES string of the molecule is COC[C@@H]1CCCN1c1cccc(O)c1Cl. The van der Waals surface area contributed by atoms with E-state index >= 15 is 0 Å². The molecule has 0 bridgehead atoms. The van der Waals surface area contributed by atoms with Gasteiger partial charge in [0.05, 0.1) is 18.3 Å². The highest BCUT2D eigenvalue weighted by atomic mass is 35.5. The average Bonchev–Trinajstić information content (AvgIpc) is 2.71. The van der Waals surface area contributed by atoms with Gasteiger partial charge in [0.25, 0.3) is 0 Å². The number of methoxy groups -OCH3 is 1. The van der Waals surface area contributed by atoms with Gasteiger partial charge in [-0.15, -0.1) is 0 Å². The van der Waals surface area contributed by atoms with Crippen molar-refractivity contribution in [3.8, 4) is 5.75 Å². The van der Waals surface area contributed by atoms with Crippen molar-refractivity contribution in [3.05, 3.63) is 23.2 Å². The monoisotopic (exact) mass is 241 g/mol. The zero-order valence-electron chi connectivity index (χ0n) is 9.32. The Bertz CT molecular complexity index is 370. The number of aromatic hydroxyl groups is 1. The fourth-order valence-corrected chi connectivity index (χ4v) is 2.48. The summed E-state index contributed by atoms with van der Waals surface area (Å²) in [6, 6.07) is 5.73. The number of nitrogens with zero attached hydrogens (tertiary/aromatic N) is 1. The van der Waals surface area contributed by atoms with Gasteiger partial charge in [-0.3, -0.25) is 0 Å². The first-order valence-corrected chi connectivity index (χ1v) is 5.85. The number of rotatable bonds is 3. The Morgan fingerprint density at radius 1 is 1.56 bits per heavy atom. The molecule has 4 heteroatoms. The summed E-state index contributed by atoms with van der Waals surface area (Å²) in [4.78, 5) is 2.21. The topological polar surface area (TPSA) is 32.7 Å². The molecule has 0 aliphatic carbocycles. The van der Waals surface area contributed by atoms with Crippen molar-refractivity contribution >= 4 is 17.3 Å². The third kappa shape index (κ3) is 2.11. The summed E-state index contributed by atoms with van der Waals surface area (Å²) in [7, 11) is 1.71. The minimum absolute atomic E-state index is 0.141. The highest BCUT2D eigenvalue weighted by molar-refractivity contribution is 6.34. The molecule has 88 valence electrons. The smallest absolute Gasteiger partial charge is 0.136 e. The van der Waals surface area contributed by atoms with E-state index in [-0.39, 0.29) is 5.75 Å². The van der Waals surface area contributed by atoms with Crippen molar-refractivity contribution in [3.63, 3.8) is 0 Å². The molecule has 1 saturated heterocycles. The lowest BCUT2D eigenvalue weighted by Gasteiger charge is -2.27. The molecule has 0 aromatic heterocycles. The number of hydrogen-bond donors (Lipinski definition) is 1. The molecule has 1 heterocycles. The summed E-state index contributed by atoms with van der Waals surface area (Å²) in [5.74, 6) is 0.141. The first-order chi connectivity index (χ1) is 7.74. The van der Waals surface area contributed by atoms with Crippen LogP contribution < -0.4 is 4.90 Å². The number of phenols is 1. The molecule has 3 nitrogen and oxygen atoms in total. The molecule has 1 aliphatic heterocycles. The number of ether oxygens (including phenoxy) is 1. The van der Waals surface area contributed by atoms with E-state index in [9.17, 15) is 5.11 Å². The van der Waals surface area contributed by atoms with Crippen molar-refractivity contribution in [2.24, 2.45) is 0 Å². The van der Waals surface area contributed by atoms with Gasteiger partial charge in [0.15, 0.2) is 0 Å². The quantitative estimate of drug-likeness (QED) is 0.883. The van der Waals surface area contributed by atoms with Gasteiger partial charge in [0.1, 0.15) is 10.8 Å². The summed E-state index contributed by atoms with van der Waals surface area (Å²) < 4.78 is 5.20. The molecule has 1 aliphatic rings. The van der Waals surface area contributed by atoms with Gasteiger partial charge in [0, 0.05) is 13.7 Å². The van der Waals surface area contributed by atoms with Crippen LogP contribution in [0.25, 0.3) is 0 Å². The third-order valence-corrected chi connectivity index (χ3v) is 3.39. The minimum atomic E-state index is 0.141. The molecule has 1 aromatic carbocycles. The van der Waals surface area contributed by atoms with E-state index in [0.717, 1.165) is 25.1 Å². The Hall–Kier alpha value is -0.930. The van der Waals surface area contributed by atoms with Crippen LogP contribution in [0.5, 0.6) is 5.75 Å². The summed E-state index contributed by atoms with van der Waals surface area (Å²) in [6.07, 6.45) is 2.25. The van der Waals surface area contributed by atoms with Gasteiger partial charge < -0.3 is 14.7 Å². The van der Waals surface area contributed by atoms with Crippen LogP contribution in [0.15, 0.2) is 18.2 Å². The Morgan fingerprint density at radius 3 is 3.12 bits per heavy atom. The van der Waals surface area contributed by atoms with E-state index in [1.54, 1.807) is 13.2 Å². The lowest BCUT2D eigenvalue weighted by molar-refractivity contribution is 0.181. The van der Waals surface area contributed by atoms with Crippen LogP contribution in [0.4, 0.5) is 5.69 Å². The van der Waals surface area contributed by atoms with Gasteiger partial charge >= 0.3 is 0 Å². The van der Waals surface area contributed by atoms with Crippen LogP contribution in [-0.4, -0.2) is 31.4 Å². The Kier molecular flexibility index (Phi) is 3.56. The maximum absolute atomic E-state index is 9.59. The van der Waals surface area contributed by atoms with Gasteiger partial charge in [-0.05, 0) is 25.0 Å². The Morgan fingerprint density at radius 2 is 2.38 bits per heavy atom. The number of phenolic OH excluding ortho intramolecular Hbond substituents is 1. The zero-order chi connectivity index (χ0) is 11.5. The third-order valence-electron chi connectivity index (χ3n) is 3.00. The average molecular weight is 242 g/mol. The fraction of sp³-hybridized carbons (Fsp3) is 0.500. The van der Waals surface area contributed by atoms with Crippen molar-refractivity contribution in [2.45, 2.75) is 18.9 Å². The minimum Gasteiger partial charge on any atom is -0.506 e. The second kappa shape index (κ2) is 4.93. The molecule has 1 atom stereocenters. The van der Waals surface area contributed by atoms with Crippen molar-refractivity contribution < 1.29 is 9.84 Å². The first-order valence-electron chi connectivity index (χ1n) is 5.47. The summed E-state index contributed by atoms with van der Waals surface area (Å²) in [5.41, 5.74) is 0.904. The van der Waals surface area contributed by atoms with Crippen LogP contribution in [0.3, 0.4) is 0 Å². The van der Waals surface area contributed by atoms with Gasteiger partial charge in [-0.2, -0.15) is 0 Å². The largest absolute Gasteiger partial charge is 0.506 e. The number of halogens is 1. The van der Waals surface area contributed by atoms with E-state index in [2.05, 4.69) is 4.90 Å². The standard InChI is InChI=1S/C12H16ClNO2/c1-16-8-9-4-3-7-14(9)10-5-2-6-11(15)12(10)13/h2,5-6,9,15H,3-4,7-8H2,1H3/t9-/m0/s1. The van der Waals surface area contributed by atoms with Crippen LogP contribution >= 0.6 is 11.6 Å². The number of anilines is 1. The van der Waals surface area contributed by atoms with E-state index in [4.69, 9.17) is 16.3 Å². The molecule has 1 aromatic rings. The van der Waals surface area contributed by atoms with Crippen LogP contribution in [0.2, 0.25) is 5.02 Å². The molecule has 0 spiro atoms. The van der Waals surface area contributed by atoms with Crippen LogP contribution in [0.1, 0.15) is 12.8 Å². The molecule has 1 fully saturated rings. The van der Waals surface area contributed by atoms with E-state index in [1.807, 2.05) is 12.1 Å². The predicted molar refractivity (Wildman–Crippen MR) is 65.4 cm³/mol. The number of benzene rings is 1. The second-order valence-electron chi connectivity index (χ2n) is 4.06. The molecule has 0 radical (unpaired) electrons. The Balaban J connectivity index is 2.25. The molecular weight excluding hydrogens is 226 g/mol. The normalized spacial score (nSPS) is 20.4. The predicted octanol–water partition coefficient (Wildman–Crippen LogP) is 2.66. The van der Waals surface area contributed by atoms with E-state index in [0.29, 0.717) is 17.7 Å². The van der Waals surface area contributed by atoms with Crippen LogP contribution in [0, 0.1) is 0 Å². The van der Waals surface area contributed by atoms with Crippen LogP contribution in [-0.2, 0) is 4.74 Å². The lowest BCUT2D eigenvalue weighted by Crippen LogP contribution is -2.32. The molecule has 1 N–H and O–H groups in total. The van der Waals surface area contributed by atoms with E-state index < -0.39 is 0 Å². The zero-order valence-corrected chi connectivity index (χ0v) is 10.1. The molecular formula is C12H16ClNO2. The molecule has 0 unspecified atom stereocenters. The molecule has 16 heavy (non-hydrogen) atoms. The second-order valence-corrected chi connectivity index (χ2v) is 4.43. The van der Waals surface area contributed by atoms with Gasteiger partial charge in [-0.1, -0.05) is 17.7 Å².